The molecule has 0 unspecified atom stereocenters. The molecular weight excluding hydrogens is 248 g/mol. The van der Waals surface area contributed by atoms with Crippen LogP contribution in [0.1, 0.15) is 30.1 Å². The third-order valence-electron chi connectivity index (χ3n) is 3.03. The van der Waals surface area contributed by atoms with Gasteiger partial charge in [0.25, 0.3) is 0 Å². The van der Waals surface area contributed by atoms with Gasteiger partial charge in [0.1, 0.15) is 6.10 Å². The Bertz CT molecular complexity index is 425. The average molecular weight is 266 g/mol. The van der Waals surface area contributed by atoms with Gasteiger partial charge in [-0.1, -0.05) is 0 Å². The molecule has 0 bridgehead atoms. The molecule has 18 heavy (non-hydrogen) atoms. The van der Waals surface area contributed by atoms with Crippen LogP contribution in [-0.2, 0) is 0 Å². The number of methoxy groups -OCH3 is 1. The van der Waals surface area contributed by atoms with Crippen LogP contribution in [0.5, 0.6) is 11.5 Å². The number of rotatable bonds is 4. The number of carbonyl (C=O) groups excluding carboxylic acids is 1. The molecule has 2 rings (SSSR count). The first-order valence-corrected chi connectivity index (χ1v) is 7.29. The van der Waals surface area contributed by atoms with Gasteiger partial charge in [-0.25, -0.2) is 0 Å². The van der Waals surface area contributed by atoms with Crippen molar-refractivity contribution in [1.29, 1.82) is 0 Å². The highest BCUT2D eigenvalue weighted by molar-refractivity contribution is 7.99. The van der Waals surface area contributed by atoms with Crippen molar-refractivity contribution in [3.8, 4) is 11.5 Å². The van der Waals surface area contributed by atoms with Crippen molar-refractivity contribution in [1.82, 2.24) is 0 Å². The maximum atomic E-state index is 11.3. The maximum absolute atomic E-state index is 11.3. The summed E-state index contributed by atoms with van der Waals surface area (Å²) in [7, 11) is 1.60. The summed E-state index contributed by atoms with van der Waals surface area (Å²) in [5.41, 5.74) is 0.651. The number of carbonyl (C=O) groups is 1. The molecule has 98 valence electrons. The number of thioether (sulfide) groups is 1. The van der Waals surface area contributed by atoms with Crippen LogP contribution in [0.25, 0.3) is 0 Å². The molecule has 0 atom stereocenters. The molecule has 0 N–H and O–H groups in total. The summed E-state index contributed by atoms with van der Waals surface area (Å²) in [6, 6.07) is 5.37. The standard InChI is InChI=1S/C14H18O3S/c1-10(15)11-3-4-13(14(9-11)16-2)17-12-5-7-18-8-6-12/h3-4,9,12H,5-8H2,1-2H3. The SMILES string of the molecule is COc1cc(C(C)=O)ccc1OC1CCSCC1. The van der Waals surface area contributed by atoms with Crippen molar-refractivity contribution in [2.75, 3.05) is 18.6 Å². The Morgan fingerprint density at radius 1 is 1.28 bits per heavy atom. The zero-order chi connectivity index (χ0) is 13.0. The lowest BCUT2D eigenvalue weighted by Crippen LogP contribution is -2.22. The predicted molar refractivity (Wildman–Crippen MR) is 74.0 cm³/mol. The number of hydrogen-bond acceptors (Lipinski definition) is 4. The second-order valence-corrected chi connectivity index (χ2v) is 5.58. The van der Waals surface area contributed by atoms with E-state index in [1.807, 2.05) is 17.8 Å². The first-order valence-electron chi connectivity index (χ1n) is 6.14. The molecule has 1 heterocycles. The van der Waals surface area contributed by atoms with Gasteiger partial charge in [-0.15, -0.1) is 0 Å². The van der Waals surface area contributed by atoms with Crippen molar-refractivity contribution >= 4 is 17.5 Å². The van der Waals surface area contributed by atoms with Crippen molar-refractivity contribution in [3.63, 3.8) is 0 Å². The highest BCUT2D eigenvalue weighted by Crippen LogP contribution is 2.31. The molecule has 0 aliphatic carbocycles. The van der Waals surface area contributed by atoms with Gasteiger partial charge in [0.2, 0.25) is 0 Å². The maximum Gasteiger partial charge on any atom is 0.161 e. The van der Waals surface area contributed by atoms with Gasteiger partial charge in [0, 0.05) is 5.56 Å². The van der Waals surface area contributed by atoms with E-state index in [2.05, 4.69) is 0 Å². The lowest BCUT2D eigenvalue weighted by atomic mass is 10.1. The molecule has 1 aromatic carbocycles. The Morgan fingerprint density at radius 3 is 2.61 bits per heavy atom. The lowest BCUT2D eigenvalue weighted by Gasteiger charge is -2.23. The van der Waals surface area contributed by atoms with Gasteiger partial charge in [-0.05, 0) is 49.5 Å². The van der Waals surface area contributed by atoms with Crippen LogP contribution in [-0.4, -0.2) is 30.5 Å². The second-order valence-electron chi connectivity index (χ2n) is 4.35. The summed E-state index contributed by atoms with van der Waals surface area (Å²) in [5, 5.41) is 0. The Labute approximate surface area is 112 Å². The summed E-state index contributed by atoms with van der Waals surface area (Å²) in [6.45, 7) is 1.55. The van der Waals surface area contributed by atoms with E-state index in [-0.39, 0.29) is 11.9 Å². The van der Waals surface area contributed by atoms with Crippen molar-refractivity contribution in [2.24, 2.45) is 0 Å². The quantitative estimate of drug-likeness (QED) is 0.784. The van der Waals surface area contributed by atoms with Gasteiger partial charge in [0.15, 0.2) is 17.3 Å². The molecule has 4 heteroatoms. The zero-order valence-electron chi connectivity index (χ0n) is 10.8. The van der Waals surface area contributed by atoms with E-state index in [4.69, 9.17) is 9.47 Å². The molecule has 1 aliphatic rings. The monoisotopic (exact) mass is 266 g/mol. The predicted octanol–water partition coefficient (Wildman–Crippen LogP) is 3.17. The molecule has 0 aromatic heterocycles. The smallest absolute Gasteiger partial charge is 0.161 e. The lowest BCUT2D eigenvalue weighted by molar-refractivity contribution is 0.101. The van der Waals surface area contributed by atoms with Crippen LogP contribution in [0.3, 0.4) is 0 Å². The van der Waals surface area contributed by atoms with Crippen molar-refractivity contribution in [2.45, 2.75) is 25.9 Å². The number of ketones is 1. The minimum atomic E-state index is 0.0360. The number of benzene rings is 1. The molecule has 0 radical (unpaired) electrons. The summed E-state index contributed by atoms with van der Waals surface area (Å²) in [5.74, 6) is 3.71. The van der Waals surface area contributed by atoms with Gasteiger partial charge >= 0.3 is 0 Å². The van der Waals surface area contributed by atoms with E-state index < -0.39 is 0 Å². The first-order chi connectivity index (χ1) is 8.70. The Balaban J connectivity index is 2.13. The third-order valence-corrected chi connectivity index (χ3v) is 4.08. The van der Waals surface area contributed by atoms with Crippen LogP contribution < -0.4 is 9.47 Å². The molecule has 3 nitrogen and oxygen atoms in total. The third kappa shape index (κ3) is 3.19. The highest BCUT2D eigenvalue weighted by Gasteiger charge is 2.17. The highest BCUT2D eigenvalue weighted by atomic mass is 32.2. The van der Waals surface area contributed by atoms with E-state index >= 15 is 0 Å². The summed E-state index contributed by atoms with van der Waals surface area (Å²) in [6.07, 6.45) is 2.41. The van der Waals surface area contributed by atoms with Gasteiger partial charge in [0.05, 0.1) is 7.11 Å². The van der Waals surface area contributed by atoms with Crippen LogP contribution >= 0.6 is 11.8 Å². The van der Waals surface area contributed by atoms with Crippen LogP contribution in [0.15, 0.2) is 18.2 Å². The summed E-state index contributed by atoms with van der Waals surface area (Å²) >= 11 is 1.97. The molecule has 1 saturated heterocycles. The molecule has 1 aliphatic heterocycles. The summed E-state index contributed by atoms with van der Waals surface area (Å²) < 4.78 is 11.3. The number of Topliss-reactive ketones (excluding diaryl/α,β-unsaturated/α-hetero) is 1. The average Bonchev–Trinajstić information content (AvgIpc) is 2.40. The Hall–Kier alpha value is -1.16. The minimum absolute atomic E-state index is 0.0360. The van der Waals surface area contributed by atoms with Crippen molar-refractivity contribution < 1.29 is 14.3 Å². The summed E-state index contributed by atoms with van der Waals surface area (Å²) in [4.78, 5) is 11.3. The first kappa shape index (κ1) is 13.3. The van der Waals surface area contributed by atoms with Crippen LogP contribution in [0, 0.1) is 0 Å². The fourth-order valence-corrected chi connectivity index (χ4v) is 3.02. The van der Waals surface area contributed by atoms with E-state index in [0.29, 0.717) is 11.3 Å². The van der Waals surface area contributed by atoms with Gasteiger partial charge in [-0.3, -0.25) is 4.79 Å². The fourth-order valence-electron chi connectivity index (χ4n) is 1.96. The van der Waals surface area contributed by atoms with E-state index in [9.17, 15) is 4.79 Å². The normalized spacial score (nSPS) is 16.3. The number of hydrogen-bond donors (Lipinski definition) is 0. The molecule has 0 amide bonds. The van der Waals surface area contributed by atoms with Crippen molar-refractivity contribution in [3.05, 3.63) is 23.8 Å². The molecule has 0 saturated carbocycles. The van der Waals surface area contributed by atoms with Crippen LogP contribution in [0.4, 0.5) is 0 Å². The number of ether oxygens (including phenoxy) is 2. The van der Waals surface area contributed by atoms with Crippen LogP contribution in [0.2, 0.25) is 0 Å². The van der Waals surface area contributed by atoms with E-state index in [1.165, 1.54) is 0 Å². The topological polar surface area (TPSA) is 35.5 Å². The van der Waals surface area contributed by atoms with E-state index in [0.717, 1.165) is 30.1 Å². The molecule has 1 aromatic rings. The Kier molecular flexibility index (Phi) is 4.53. The van der Waals surface area contributed by atoms with E-state index in [1.54, 1.807) is 26.2 Å². The Morgan fingerprint density at radius 2 is 2.00 bits per heavy atom. The zero-order valence-corrected chi connectivity index (χ0v) is 11.6. The molecular formula is C14H18O3S. The molecule has 1 fully saturated rings. The van der Waals surface area contributed by atoms with Gasteiger partial charge < -0.3 is 9.47 Å². The minimum Gasteiger partial charge on any atom is -0.493 e. The second kappa shape index (κ2) is 6.14. The molecule has 0 spiro atoms. The van der Waals surface area contributed by atoms with Gasteiger partial charge in [-0.2, -0.15) is 11.8 Å². The fraction of sp³-hybridized carbons (Fsp3) is 0.500. The largest absolute Gasteiger partial charge is 0.493 e.